The number of nitrogens with zero attached hydrogens (tertiary/aromatic N) is 1. The van der Waals surface area contributed by atoms with E-state index in [4.69, 9.17) is 4.74 Å². The number of nitrogens with one attached hydrogen (secondary N) is 1. The summed E-state index contributed by atoms with van der Waals surface area (Å²) in [5.41, 5.74) is 2.22. The highest BCUT2D eigenvalue weighted by molar-refractivity contribution is 7.13. The molecule has 1 N–H and O–H groups in total. The molecule has 1 saturated carbocycles. The highest BCUT2D eigenvalue weighted by Gasteiger charge is 2.22. The predicted octanol–water partition coefficient (Wildman–Crippen LogP) is 3.46. The van der Waals surface area contributed by atoms with Gasteiger partial charge in [0, 0.05) is 18.2 Å². The molecule has 1 fully saturated rings. The van der Waals surface area contributed by atoms with Crippen LogP contribution in [0.4, 0.5) is 0 Å². The van der Waals surface area contributed by atoms with Crippen LogP contribution in [0.2, 0.25) is 0 Å². The molecule has 100 valence electrons. The molecule has 1 aromatic carbocycles. The molecule has 0 unspecified atom stereocenters. The van der Waals surface area contributed by atoms with Crippen LogP contribution in [0.3, 0.4) is 0 Å². The van der Waals surface area contributed by atoms with Crippen molar-refractivity contribution in [3.8, 4) is 16.5 Å². The Hall–Kier alpha value is -1.39. The van der Waals surface area contributed by atoms with Crippen molar-refractivity contribution in [1.82, 2.24) is 10.3 Å². The van der Waals surface area contributed by atoms with E-state index in [1.807, 2.05) is 25.1 Å². The molecule has 0 aliphatic heterocycles. The molecule has 1 heterocycles. The molecule has 19 heavy (non-hydrogen) atoms. The number of benzene rings is 1. The van der Waals surface area contributed by atoms with E-state index in [-0.39, 0.29) is 0 Å². The molecule has 1 aromatic heterocycles. The van der Waals surface area contributed by atoms with Crippen molar-refractivity contribution in [2.24, 2.45) is 0 Å². The van der Waals surface area contributed by atoms with Gasteiger partial charge in [0.2, 0.25) is 0 Å². The van der Waals surface area contributed by atoms with Crippen molar-refractivity contribution in [3.63, 3.8) is 0 Å². The first-order valence-corrected chi connectivity index (χ1v) is 7.59. The average Bonchev–Trinajstić information content (AvgIpc) is 3.19. The zero-order valence-electron chi connectivity index (χ0n) is 11.1. The fourth-order valence-electron chi connectivity index (χ4n) is 1.98. The molecule has 0 radical (unpaired) electrons. The van der Waals surface area contributed by atoms with Crippen molar-refractivity contribution in [2.45, 2.75) is 32.4 Å². The number of hydrogen-bond acceptors (Lipinski definition) is 4. The maximum atomic E-state index is 5.55. The Morgan fingerprint density at radius 1 is 1.32 bits per heavy atom. The lowest BCUT2D eigenvalue weighted by Crippen LogP contribution is -2.14. The third kappa shape index (κ3) is 3.14. The SMILES string of the molecule is CCOc1nc(-c2ccccc2)c(CNC2CC2)s1. The Bertz CT molecular complexity index is 534. The van der Waals surface area contributed by atoms with Gasteiger partial charge in [-0.2, -0.15) is 0 Å². The van der Waals surface area contributed by atoms with Crippen LogP contribution in [0.5, 0.6) is 5.19 Å². The first-order valence-electron chi connectivity index (χ1n) is 6.78. The largest absolute Gasteiger partial charge is 0.470 e. The van der Waals surface area contributed by atoms with E-state index >= 15 is 0 Å². The summed E-state index contributed by atoms with van der Waals surface area (Å²) in [5.74, 6) is 0. The lowest BCUT2D eigenvalue weighted by atomic mass is 10.1. The number of ether oxygens (including phenoxy) is 1. The maximum Gasteiger partial charge on any atom is 0.274 e. The average molecular weight is 274 g/mol. The van der Waals surface area contributed by atoms with E-state index < -0.39 is 0 Å². The third-order valence-corrected chi connectivity index (χ3v) is 4.09. The lowest BCUT2D eigenvalue weighted by Gasteiger charge is -2.03. The Morgan fingerprint density at radius 3 is 2.79 bits per heavy atom. The number of rotatable bonds is 6. The molecule has 0 atom stereocenters. The van der Waals surface area contributed by atoms with Gasteiger partial charge in [0.15, 0.2) is 0 Å². The molecule has 1 aliphatic carbocycles. The van der Waals surface area contributed by atoms with Crippen molar-refractivity contribution >= 4 is 11.3 Å². The summed E-state index contributed by atoms with van der Waals surface area (Å²) in [6.07, 6.45) is 2.61. The van der Waals surface area contributed by atoms with Crippen LogP contribution < -0.4 is 10.1 Å². The summed E-state index contributed by atoms with van der Waals surface area (Å²) in [4.78, 5) is 5.89. The van der Waals surface area contributed by atoms with Gasteiger partial charge >= 0.3 is 0 Å². The standard InChI is InChI=1S/C15H18N2OS/c1-2-18-15-17-14(11-6-4-3-5-7-11)13(19-15)10-16-12-8-9-12/h3-7,12,16H,2,8-10H2,1H3. The van der Waals surface area contributed by atoms with Crippen LogP contribution in [-0.2, 0) is 6.54 Å². The van der Waals surface area contributed by atoms with Crippen LogP contribution in [0.25, 0.3) is 11.3 Å². The van der Waals surface area contributed by atoms with E-state index in [9.17, 15) is 0 Å². The second kappa shape index (κ2) is 5.72. The van der Waals surface area contributed by atoms with Crippen LogP contribution in [0.15, 0.2) is 30.3 Å². The zero-order chi connectivity index (χ0) is 13.1. The van der Waals surface area contributed by atoms with Crippen LogP contribution in [0.1, 0.15) is 24.6 Å². The second-order valence-corrected chi connectivity index (χ2v) is 5.75. The van der Waals surface area contributed by atoms with Crippen LogP contribution >= 0.6 is 11.3 Å². The Balaban J connectivity index is 1.86. The maximum absolute atomic E-state index is 5.55. The molecule has 3 nitrogen and oxygen atoms in total. The van der Waals surface area contributed by atoms with Gasteiger partial charge < -0.3 is 10.1 Å². The molecule has 4 heteroatoms. The van der Waals surface area contributed by atoms with E-state index in [0.29, 0.717) is 12.6 Å². The number of thiazole rings is 1. The van der Waals surface area contributed by atoms with Gasteiger partial charge in [-0.1, -0.05) is 41.7 Å². The molecule has 0 saturated heterocycles. The third-order valence-electron chi connectivity index (χ3n) is 3.12. The fraction of sp³-hybridized carbons (Fsp3) is 0.400. The number of aromatic nitrogens is 1. The molecule has 1 aliphatic rings. The Kier molecular flexibility index (Phi) is 3.80. The van der Waals surface area contributed by atoms with E-state index in [1.165, 1.54) is 17.7 Å². The van der Waals surface area contributed by atoms with Gasteiger partial charge in [0.25, 0.3) is 5.19 Å². The van der Waals surface area contributed by atoms with E-state index in [0.717, 1.165) is 23.0 Å². The molecule has 2 aromatic rings. The second-order valence-electron chi connectivity index (χ2n) is 4.71. The minimum atomic E-state index is 0.664. The summed E-state index contributed by atoms with van der Waals surface area (Å²) >= 11 is 1.65. The molecule has 0 amide bonds. The van der Waals surface area contributed by atoms with Gasteiger partial charge in [-0.15, -0.1) is 0 Å². The lowest BCUT2D eigenvalue weighted by molar-refractivity contribution is 0.338. The van der Waals surface area contributed by atoms with Gasteiger partial charge in [0.1, 0.15) is 0 Å². The van der Waals surface area contributed by atoms with Gasteiger partial charge in [-0.25, -0.2) is 4.98 Å². The summed E-state index contributed by atoms with van der Waals surface area (Å²) < 4.78 is 5.55. The highest BCUT2D eigenvalue weighted by Crippen LogP contribution is 2.33. The summed E-state index contributed by atoms with van der Waals surface area (Å²) in [6, 6.07) is 11.0. The van der Waals surface area contributed by atoms with Gasteiger partial charge in [-0.05, 0) is 19.8 Å². The van der Waals surface area contributed by atoms with Crippen LogP contribution in [-0.4, -0.2) is 17.6 Å². The molecular formula is C15H18N2OS. The highest BCUT2D eigenvalue weighted by atomic mass is 32.1. The predicted molar refractivity (Wildman–Crippen MR) is 78.6 cm³/mol. The monoisotopic (exact) mass is 274 g/mol. The number of hydrogen-bond donors (Lipinski definition) is 1. The zero-order valence-corrected chi connectivity index (χ0v) is 11.9. The van der Waals surface area contributed by atoms with Gasteiger partial charge in [0.05, 0.1) is 17.2 Å². The first-order chi connectivity index (χ1) is 9.36. The van der Waals surface area contributed by atoms with Crippen molar-refractivity contribution < 1.29 is 4.74 Å². The Labute approximate surface area is 117 Å². The summed E-state index contributed by atoms with van der Waals surface area (Å²) in [7, 11) is 0. The van der Waals surface area contributed by atoms with Crippen molar-refractivity contribution in [3.05, 3.63) is 35.2 Å². The minimum absolute atomic E-state index is 0.664. The smallest absolute Gasteiger partial charge is 0.274 e. The summed E-state index contributed by atoms with van der Waals surface area (Å²) in [5, 5.41) is 4.33. The van der Waals surface area contributed by atoms with Crippen molar-refractivity contribution in [2.75, 3.05) is 6.61 Å². The van der Waals surface area contributed by atoms with Gasteiger partial charge in [-0.3, -0.25) is 0 Å². The molecule has 0 bridgehead atoms. The molecule has 3 rings (SSSR count). The minimum Gasteiger partial charge on any atom is -0.470 e. The quantitative estimate of drug-likeness (QED) is 0.876. The van der Waals surface area contributed by atoms with E-state index in [1.54, 1.807) is 11.3 Å². The first kappa shape index (κ1) is 12.6. The summed E-state index contributed by atoms with van der Waals surface area (Å²) in [6.45, 7) is 3.54. The normalized spacial score (nSPS) is 14.6. The topological polar surface area (TPSA) is 34.1 Å². The van der Waals surface area contributed by atoms with Crippen molar-refractivity contribution in [1.29, 1.82) is 0 Å². The van der Waals surface area contributed by atoms with E-state index in [2.05, 4.69) is 22.4 Å². The molecule has 0 spiro atoms. The van der Waals surface area contributed by atoms with Crippen LogP contribution in [0, 0.1) is 0 Å². The fourth-order valence-corrected chi connectivity index (χ4v) is 2.92. The molecular weight excluding hydrogens is 256 g/mol. The Morgan fingerprint density at radius 2 is 2.11 bits per heavy atom.